The molecular weight excluding hydrogens is 208 g/mol. The van der Waals surface area contributed by atoms with Crippen LogP contribution in [0.5, 0.6) is 0 Å². The summed E-state index contributed by atoms with van der Waals surface area (Å²) in [6, 6.07) is 18.9. The SMILES string of the molecule is CNn1cc(-c2ccccc2)c2ccccc21. The standard InChI is InChI=1S/C15H14N2/c1-16-17-11-14(12-7-3-2-4-8-12)13-9-5-6-10-15(13)17/h2-11,16H,1H3. The summed E-state index contributed by atoms with van der Waals surface area (Å²) in [5.74, 6) is 0. The molecule has 0 amide bonds. The average Bonchev–Trinajstić information content (AvgIpc) is 2.78. The van der Waals surface area contributed by atoms with E-state index in [1.54, 1.807) is 0 Å². The summed E-state index contributed by atoms with van der Waals surface area (Å²) in [5.41, 5.74) is 6.89. The third-order valence-corrected chi connectivity index (χ3v) is 3.04. The van der Waals surface area contributed by atoms with Gasteiger partial charge in [0.2, 0.25) is 0 Å². The number of hydrogen-bond donors (Lipinski definition) is 1. The Morgan fingerprint density at radius 2 is 1.59 bits per heavy atom. The van der Waals surface area contributed by atoms with E-state index in [-0.39, 0.29) is 0 Å². The first-order valence-corrected chi connectivity index (χ1v) is 5.73. The highest BCUT2D eigenvalue weighted by atomic mass is 15.4. The Bertz CT molecular complexity index is 638. The average molecular weight is 222 g/mol. The molecule has 0 saturated carbocycles. The Kier molecular flexibility index (Phi) is 2.33. The second-order valence-electron chi connectivity index (χ2n) is 4.02. The second kappa shape index (κ2) is 3.98. The van der Waals surface area contributed by atoms with Gasteiger partial charge in [-0.25, -0.2) is 0 Å². The van der Waals surface area contributed by atoms with Crippen molar-refractivity contribution >= 4 is 10.9 Å². The van der Waals surface area contributed by atoms with Crippen LogP contribution >= 0.6 is 0 Å². The molecular formula is C15H14N2. The number of para-hydroxylation sites is 1. The number of nitrogens with zero attached hydrogens (tertiary/aromatic N) is 1. The van der Waals surface area contributed by atoms with Crippen molar-refractivity contribution in [3.05, 3.63) is 60.8 Å². The van der Waals surface area contributed by atoms with Crippen molar-refractivity contribution in [1.29, 1.82) is 0 Å². The molecule has 0 atom stereocenters. The van der Waals surface area contributed by atoms with Crippen LogP contribution in [0.15, 0.2) is 60.8 Å². The minimum Gasteiger partial charge on any atom is -0.329 e. The van der Waals surface area contributed by atoms with Gasteiger partial charge in [0, 0.05) is 24.2 Å². The summed E-state index contributed by atoms with van der Waals surface area (Å²) < 4.78 is 2.05. The molecule has 0 fully saturated rings. The maximum absolute atomic E-state index is 3.18. The molecule has 0 radical (unpaired) electrons. The molecule has 84 valence electrons. The fraction of sp³-hybridized carbons (Fsp3) is 0.0667. The highest BCUT2D eigenvalue weighted by Gasteiger charge is 2.08. The molecule has 2 nitrogen and oxygen atoms in total. The van der Waals surface area contributed by atoms with Crippen molar-refractivity contribution in [3.63, 3.8) is 0 Å². The molecule has 2 heteroatoms. The van der Waals surface area contributed by atoms with Gasteiger partial charge in [0.05, 0.1) is 5.52 Å². The van der Waals surface area contributed by atoms with Crippen molar-refractivity contribution in [2.75, 3.05) is 12.5 Å². The maximum atomic E-state index is 3.18. The zero-order valence-electron chi connectivity index (χ0n) is 9.72. The first-order chi connectivity index (χ1) is 8.40. The summed E-state index contributed by atoms with van der Waals surface area (Å²) >= 11 is 0. The van der Waals surface area contributed by atoms with Crippen molar-refractivity contribution < 1.29 is 0 Å². The summed E-state index contributed by atoms with van der Waals surface area (Å²) in [4.78, 5) is 0. The van der Waals surface area contributed by atoms with Gasteiger partial charge in [-0.05, 0) is 11.6 Å². The van der Waals surface area contributed by atoms with Crippen LogP contribution in [0.3, 0.4) is 0 Å². The molecule has 0 aliphatic heterocycles. The molecule has 17 heavy (non-hydrogen) atoms. The van der Waals surface area contributed by atoms with Gasteiger partial charge in [0.1, 0.15) is 0 Å². The highest BCUT2D eigenvalue weighted by Crippen LogP contribution is 2.29. The van der Waals surface area contributed by atoms with Gasteiger partial charge in [-0.2, -0.15) is 0 Å². The third-order valence-electron chi connectivity index (χ3n) is 3.04. The molecule has 3 rings (SSSR count). The van der Waals surface area contributed by atoms with Gasteiger partial charge in [-0.15, -0.1) is 0 Å². The molecule has 3 aromatic rings. The molecule has 1 aromatic heterocycles. The first-order valence-electron chi connectivity index (χ1n) is 5.73. The third kappa shape index (κ3) is 1.58. The summed E-state index contributed by atoms with van der Waals surface area (Å²) in [5, 5.41) is 1.27. The fourth-order valence-electron chi connectivity index (χ4n) is 2.21. The summed E-state index contributed by atoms with van der Waals surface area (Å²) in [6.45, 7) is 0. The molecule has 0 aliphatic rings. The Labute approximate surface area is 100 Å². The van der Waals surface area contributed by atoms with Crippen molar-refractivity contribution in [2.24, 2.45) is 0 Å². The van der Waals surface area contributed by atoms with Crippen LogP contribution in [0.25, 0.3) is 22.0 Å². The van der Waals surface area contributed by atoms with E-state index in [1.165, 1.54) is 22.0 Å². The lowest BCUT2D eigenvalue weighted by Gasteiger charge is -2.01. The van der Waals surface area contributed by atoms with Crippen molar-refractivity contribution in [1.82, 2.24) is 4.68 Å². The molecule has 0 aliphatic carbocycles. The Balaban J connectivity index is 2.31. The Hall–Kier alpha value is -2.22. The van der Waals surface area contributed by atoms with Crippen LogP contribution in [0.4, 0.5) is 0 Å². The van der Waals surface area contributed by atoms with Crippen LogP contribution in [-0.4, -0.2) is 11.7 Å². The topological polar surface area (TPSA) is 17.0 Å². The summed E-state index contributed by atoms with van der Waals surface area (Å²) in [7, 11) is 1.93. The first kappa shape index (κ1) is 9.97. The van der Waals surface area contributed by atoms with Gasteiger partial charge in [-0.1, -0.05) is 48.5 Å². The fourth-order valence-corrected chi connectivity index (χ4v) is 2.21. The minimum atomic E-state index is 1.20. The smallest absolute Gasteiger partial charge is 0.0698 e. The normalized spacial score (nSPS) is 10.6. The quantitative estimate of drug-likeness (QED) is 0.702. The predicted molar refractivity (Wildman–Crippen MR) is 72.7 cm³/mol. The molecule has 1 N–H and O–H groups in total. The van der Waals surface area contributed by atoms with Crippen LogP contribution < -0.4 is 5.43 Å². The lowest BCUT2D eigenvalue weighted by Crippen LogP contribution is -2.05. The molecule has 0 spiro atoms. The van der Waals surface area contributed by atoms with Gasteiger partial charge in [0.15, 0.2) is 0 Å². The second-order valence-corrected chi connectivity index (χ2v) is 4.02. The lowest BCUT2D eigenvalue weighted by atomic mass is 10.1. The maximum Gasteiger partial charge on any atom is 0.0698 e. The van der Waals surface area contributed by atoms with E-state index in [9.17, 15) is 0 Å². The molecule has 0 bridgehead atoms. The van der Waals surface area contributed by atoms with Gasteiger partial charge in [-0.3, -0.25) is 4.68 Å². The molecule has 0 unspecified atom stereocenters. The van der Waals surface area contributed by atoms with Crippen molar-refractivity contribution in [2.45, 2.75) is 0 Å². The van der Waals surface area contributed by atoms with E-state index in [1.807, 2.05) is 13.1 Å². The summed E-state index contributed by atoms with van der Waals surface area (Å²) in [6.07, 6.45) is 2.14. The van der Waals surface area contributed by atoms with E-state index in [4.69, 9.17) is 0 Å². The van der Waals surface area contributed by atoms with E-state index in [0.29, 0.717) is 0 Å². The number of fused-ring (bicyclic) bond motifs is 1. The van der Waals surface area contributed by atoms with Crippen molar-refractivity contribution in [3.8, 4) is 11.1 Å². The Morgan fingerprint density at radius 3 is 2.35 bits per heavy atom. The van der Waals surface area contributed by atoms with Gasteiger partial charge >= 0.3 is 0 Å². The van der Waals surface area contributed by atoms with Crippen LogP contribution in [0, 0.1) is 0 Å². The number of aromatic nitrogens is 1. The number of hydrogen-bond acceptors (Lipinski definition) is 1. The van der Waals surface area contributed by atoms with Gasteiger partial charge in [0.25, 0.3) is 0 Å². The molecule has 0 saturated heterocycles. The van der Waals surface area contributed by atoms with E-state index in [0.717, 1.165) is 0 Å². The largest absolute Gasteiger partial charge is 0.329 e. The molecule has 1 heterocycles. The van der Waals surface area contributed by atoms with Crippen LogP contribution in [-0.2, 0) is 0 Å². The minimum absolute atomic E-state index is 1.20. The Morgan fingerprint density at radius 1 is 0.882 bits per heavy atom. The monoisotopic (exact) mass is 222 g/mol. The number of rotatable bonds is 2. The zero-order valence-corrected chi connectivity index (χ0v) is 9.72. The number of benzene rings is 2. The molecule has 2 aromatic carbocycles. The highest BCUT2D eigenvalue weighted by molar-refractivity contribution is 5.96. The zero-order chi connectivity index (χ0) is 11.7. The van der Waals surface area contributed by atoms with Gasteiger partial charge < -0.3 is 5.43 Å². The van der Waals surface area contributed by atoms with E-state index >= 15 is 0 Å². The number of nitrogens with one attached hydrogen (secondary N) is 1. The van der Waals surface area contributed by atoms with Crippen LogP contribution in [0.1, 0.15) is 0 Å². The predicted octanol–water partition coefficient (Wildman–Crippen LogP) is 3.48. The van der Waals surface area contributed by atoms with E-state index in [2.05, 4.69) is 64.8 Å². The lowest BCUT2D eigenvalue weighted by molar-refractivity contribution is 0.977. The van der Waals surface area contributed by atoms with E-state index < -0.39 is 0 Å². The van der Waals surface area contributed by atoms with Crippen LogP contribution in [0.2, 0.25) is 0 Å².